The Morgan fingerprint density at radius 2 is 1.69 bits per heavy atom. The fourth-order valence-corrected chi connectivity index (χ4v) is 3.85. The Labute approximate surface area is 159 Å². The van der Waals surface area contributed by atoms with E-state index in [1.807, 2.05) is 0 Å². The van der Waals surface area contributed by atoms with Crippen molar-refractivity contribution in [3.8, 4) is 0 Å². The second-order valence-corrected chi connectivity index (χ2v) is 9.29. The molecular weight excluding hydrogens is 368 g/mol. The number of sulfonamides is 1. The lowest BCUT2D eigenvalue weighted by atomic mass is 10.2. The largest absolute Gasteiger partial charge is 0.351 e. The smallest absolute Gasteiger partial charge is 0.251 e. The Morgan fingerprint density at radius 3 is 2.27 bits per heavy atom. The van der Waals surface area contributed by atoms with E-state index in [-0.39, 0.29) is 11.7 Å². The van der Waals surface area contributed by atoms with Gasteiger partial charge in [-0.2, -0.15) is 0 Å². The van der Waals surface area contributed by atoms with Gasteiger partial charge in [0, 0.05) is 29.8 Å². The van der Waals surface area contributed by atoms with Gasteiger partial charge in [-0.05, 0) is 50.2 Å². The van der Waals surface area contributed by atoms with Crippen molar-refractivity contribution < 1.29 is 13.2 Å². The van der Waals surface area contributed by atoms with Gasteiger partial charge in [0.25, 0.3) is 5.91 Å². The van der Waals surface area contributed by atoms with Crippen molar-refractivity contribution in [2.24, 2.45) is 0 Å². The molecule has 5 nitrogen and oxygen atoms in total. The van der Waals surface area contributed by atoms with Crippen LogP contribution in [0.5, 0.6) is 0 Å². The van der Waals surface area contributed by atoms with Crippen molar-refractivity contribution in [3.63, 3.8) is 0 Å². The quantitative estimate of drug-likeness (QED) is 0.553. The van der Waals surface area contributed by atoms with Crippen LogP contribution in [0.1, 0.15) is 22.8 Å². The predicted octanol–water partition coefficient (Wildman–Crippen LogP) is 3.30. The summed E-state index contributed by atoms with van der Waals surface area (Å²) in [5.74, 6) is 0.649. The zero-order valence-electron chi connectivity index (χ0n) is 15.2. The molecule has 0 spiro atoms. The monoisotopic (exact) mass is 392 g/mol. The van der Waals surface area contributed by atoms with E-state index in [9.17, 15) is 13.2 Å². The SMILES string of the molecule is CCS(=O)(=O)N(C)c1ccc(C(=O)NCCSc2ccc(C)cc2)cc1. The van der Waals surface area contributed by atoms with E-state index in [0.717, 1.165) is 5.75 Å². The van der Waals surface area contributed by atoms with Crippen LogP contribution in [0.15, 0.2) is 53.4 Å². The normalized spacial score (nSPS) is 11.2. The molecule has 0 saturated carbocycles. The highest BCUT2D eigenvalue weighted by Gasteiger charge is 2.16. The second kappa shape index (κ2) is 9.09. The third-order valence-corrected chi connectivity index (χ3v) is 6.74. The van der Waals surface area contributed by atoms with Crippen LogP contribution < -0.4 is 9.62 Å². The fourth-order valence-electron chi connectivity index (χ4n) is 2.25. The number of rotatable bonds is 8. The van der Waals surface area contributed by atoms with Gasteiger partial charge in [-0.3, -0.25) is 9.10 Å². The van der Waals surface area contributed by atoms with Crippen LogP contribution in [0.3, 0.4) is 0 Å². The molecule has 2 rings (SSSR count). The number of benzene rings is 2. The number of carbonyl (C=O) groups excluding carboxylic acids is 1. The lowest BCUT2D eigenvalue weighted by molar-refractivity contribution is 0.0956. The molecule has 2 aromatic carbocycles. The van der Waals surface area contributed by atoms with Crippen molar-refractivity contribution in [2.45, 2.75) is 18.7 Å². The summed E-state index contributed by atoms with van der Waals surface area (Å²) >= 11 is 1.69. The van der Waals surface area contributed by atoms with Crippen LogP contribution in [0.25, 0.3) is 0 Å². The minimum Gasteiger partial charge on any atom is -0.351 e. The molecule has 0 atom stereocenters. The molecule has 0 saturated heterocycles. The Morgan fingerprint density at radius 1 is 1.08 bits per heavy atom. The van der Waals surface area contributed by atoms with E-state index in [4.69, 9.17) is 0 Å². The number of thioether (sulfide) groups is 1. The molecule has 2 aromatic rings. The summed E-state index contributed by atoms with van der Waals surface area (Å²) in [7, 11) is -1.79. The van der Waals surface area contributed by atoms with E-state index in [1.165, 1.54) is 21.8 Å². The van der Waals surface area contributed by atoms with Crippen molar-refractivity contribution in [3.05, 3.63) is 59.7 Å². The molecule has 7 heteroatoms. The number of nitrogens with zero attached hydrogens (tertiary/aromatic N) is 1. The molecule has 1 N–H and O–H groups in total. The van der Waals surface area contributed by atoms with Crippen LogP contribution >= 0.6 is 11.8 Å². The maximum atomic E-state index is 12.2. The summed E-state index contributed by atoms with van der Waals surface area (Å²) in [6, 6.07) is 14.8. The maximum absolute atomic E-state index is 12.2. The van der Waals surface area contributed by atoms with Crippen molar-refractivity contribution in [2.75, 3.05) is 29.4 Å². The molecule has 0 fully saturated rings. The highest BCUT2D eigenvalue weighted by atomic mass is 32.2. The third kappa shape index (κ3) is 5.51. The van der Waals surface area contributed by atoms with E-state index >= 15 is 0 Å². The summed E-state index contributed by atoms with van der Waals surface area (Å²) in [5, 5.41) is 2.88. The molecule has 0 heterocycles. The van der Waals surface area contributed by atoms with Gasteiger partial charge in [0.05, 0.1) is 11.4 Å². The van der Waals surface area contributed by atoms with E-state index in [2.05, 4.69) is 36.5 Å². The van der Waals surface area contributed by atoms with E-state index in [0.29, 0.717) is 17.8 Å². The standard InChI is InChI=1S/C19H24N2O3S2/c1-4-26(23,24)21(3)17-9-7-16(8-10-17)19(22)20-13-14-25-18-11-5-15(2)6-12-18/h5-12H,4,13-14H2,1-3H3,(H,20,22). The van der Waals surface area contributed by atoms with Crippen LogP contribution in [0, 0.1) is 6.92 Å². The molecule has 26 heavy (non-hydrogen) atoms. The molecule has 0 aliphatic heterocycles. The molecule has 0 aliphatic rings. The Hall–Kier alpha value is -1.99. The van der Waals surface area contributed by atoms with Crippen LogP contribution in [0.4, 0.5) is 5.69 Å². The molecule has 0 unspecified atom stereocenters. The van der Waals surface area contributed by atoms with Crippen LogP contribution in [-0.2, 0) is 10.0 Å². The van der Waals surface area contributed by atoms with Crippen molar-refractivity contribution in [1.29, 1.82) is 0 Å². The first kappa shape index (κ1) is 20.3. The van der Waals surface area contributed by atoms with Gasteiger partial charge in [-0.1, -0.05) is 17.7 Å². The second-order valence-electron chi connectivity index (χ2n) is 5.83. The highest BCUT2D eigenvalue weighted by Crippen LogP contribution is 2.18. The molecular formula is C19H24N2O3S2. The number of carbonyl (C=O) groups is 1. The zero-order valence-corrected chi connectivity index (χ0v) is 16.9. The average Bonchev–Trinajstić information content (AvgIpc) is 2.66. The maximum Gasteiger partial charge on any atom is 0.251 e. The molecule has 0 radical (unpaired) electrons. The van der Waals surface area contributed by atoms with Gasteiger partial charge in [-0.15, -0.1) is 11.8 Å². The third-order valence-electron chi connectivity index (χ3n) is 3.95. The van der Waals surface area contributed by atoms with Crippen LogP contribution in [0.2, 0.25) is 0 Å². The predicted molar refractivity (Wildman–Crippen MR) is 109 cm³/mol. The first-order valence-electron chi connectivity index (χ1n) is 8.38. The first-order chi connectivity index (χ1) is 12.3. The zero-order chi connectivity index (χ0) is 19.2. The number of nitrogens with one attached hydrogen (secondary N) is 1. The molecule has 0 bridgehead atoms. The summed E-state index contributed by atoms with van der Waals surface area (Å²) < 4.78 is 25.0. The van der Waals surface area contributed by atoms with Gasteiger partial charge in [0.1, 0.15) is 0 Å². The van der Waals surface area contributed by atoms with Gasteiger partial charge >= 0.3 is 0 Å². The lowest BCUT2D eigenvalue weighted by Crippen LogP contribution is -2.28. The minimum absolute atomic E-state index is 0.0321. The molecule has 0 aliphatic carbocycles. The first-order valence-corrected chi connectivity index (χ1v) is 11.0. The summed E-state index contributed by atoms with van der Waals surface area (Å²) in [6.07, 6.45) is 0. The molecule has 140 valence electrons. The summed E-state index contributed by atoms with van der Waals surface area (Å²) in [6.45, 7) is 4.21. The Kier molecular flexibility index (Phi) is 7.11. The number of aryl methyl sites for hydroxylation is 1. The summed E-state index contributed by atoms with van der Waals surface area (Å²) in [5.41, 5.74) is 2.28. The topological polar surface area (TPSA) is 66.5 Å². The van der Waals surface area contributed by atoms with E-state index < -0.39 is 10.0 Å². The minimum atomic E-state index is -3.30. The summed E-state index contributed by atoms with van der Waals surface area (Å²) in [4.78, 5) is 13.4. The molecule has 0 aromatic heterocycles. The molecule has 1 amide bonds. The van der Waals surface area contributed by atoms with Crippen molar-refractivity contribution in [1.82, 2.24) is 5.32 Å². The Bertz CT molecular complexity index is 832. The number of anilines is 1. The average molecular weight is 393 g/mol. The Balaban J connectivity index is 1.85. The lowest BCUT2D eigenvalue weighted by Gasteiger charge is -2.18. The van der Waals surface area contributed by atoms with E-state index in [1.54, 1.807) is 43.0 Å². The van der Waals surface area contributed by atoms with Gasteiger partial charge < -0.3 is 5.32 Å². The van der Waals surface area contributed by atoms with Gasteiger partial charge in [-0.25, -0.2) is 8.42 Å². The number of hydrogen-bond acceptors (Lipinski definition) is 4. The van der Waals surface area contributed by atoms with Crippen LogP contribution in [-0.4, -0.2) is 39.4 Å². The number of amides is 1. The van der Waals surface area contributed by atoms with Crippen molar-refractivity contribution >= 4 is 33.4 Å². The fraction of sp³-hybridized carbons (Fsp3) is 0.316. The number of hydrogen-bond donors (Lipinski definition) is 1. The highest BCUT2D eigenvalue weighted by molar-refractivity contribution is 7.99. The van der Waals surface area contributed by atoms with Gasteiger partial charge in [0.2, 0.25) is 10.0 Å². The van der Waals surface area contributed by atoms with Gasteiger partial charge in [0.15, 0.2) is 0 Å².